The van der Waals surface area contributed by atoms with Gasteiger partial charge in [0, 0.05) is 23.0 Å². The number of carbonyl (C=O) groups excluding carboxylic acids is 2. The number of hydrogen-bond donors (Lipinski definition) is 0. The van der Waals surface area contributed by atoms with Crippen LogP contribution in [0, 0.1) is 0 Å². The fourth-order valence-corrected chi connectivity index (χ4v) is 4.60. The van der Waals surface area contributed by atoms with E-state index in [9.17, 15) is 9.59 Å². The lowest BCUT2D eigenvalue weighted by Gasteiger charge is -2.43. The first-order valence-electron chi connectivity index (χ1n) is 8.51. The molecular formula is C22H16O4. The highest BCUT2D eigenvalue weighted by Crippen LogP contribution is 2.58. The molecule has 2 bridgehead atoms. The zero-order valence-corrected chi connectivity index (χ0v) is 14.4. The molecule has 0 radical (unpaired) electrons. The molecule has 2 aromatic rings. The van der Waals surface area contributed by atoms with Crippen molar-refractivity contribution in [3.05, 3.63) is 82.0 Å². The van der Waals surface area contributed by atoms with Gasteiger partial charge in [0.15, 0.2) is 23.1 Å². The van der Waals surface area contributed by atoms with E-state index in [1.54, 1.807) is 14.2 Å². The van der Waals surface area contributed by atoms with E-state index >= 15 is 0 Å². The Bertz CT molecular complexity index is 976. The van der Waals surface area contributed by atoms with Crippen LogP contribution in [-0.4, -0.2) is 25.8 Å². The van der Waals surface area contributed by atoms with Gasteiger partial charge < -0.3 is 9.47 Å². The van der Waals surface area contributed by atoms with Crippen molar-refractivity contribution in [1.29, 1.82) is 0 Å². The third-order valence-corrected chi connectivity index (χ3v) is 5.61. The van der Waals surface area contributed by atoms with Gasteiger partial charge in [-0.2, -0.15) is 0 Å². The molecule has 2 atom stereocenters. The van der Waals surface area contributed by atoms with Crippen molar-refractivity contribution in [2.75, 3.05) is 14.2 Å². The molecule has 0 saturated carbocycles. The van der Waals surface area contributed by atoms with Gasteiger partial charge in [-0.05, 0) is 46.5 Å². The van der Waals surface area contributed by atoms with Crippen LogP contribution in [-0.2, 0) is 9.59 Å². The summed E-state index contributed by atoms with van der Waals surface area (Å²) in [6.07, 6.45) is 2.79. The van der Waals surface area contributed by atoms with Gasteiger partial charge >= 0.3 is 0 Å². The summed E-state index contributed by atoms with van der Waals surface area (Å²) >= 11 is 0. The molecule has 0 fully saturated rings. The smallest absolute Gasteiger partial charge is 0.183 e. The molecule has 4 nitrogen and oxygen atoms in total. The highest BCUT2D eigenvalue weighted by Gasteiger charge is 2.47. The van der Waals surface area contributed by atoms with Gasteiger partial charge in [-0.3, -0.25) is 9.59 Å². The summed E-state index contributed by atoms with van der Waals surface area (Å²) < 4.78 is 11.0. The Morgan fingerprint density at radius 2 is 1.12 bits per heavy atom. The van der Waals surface area contributed by atoms with Crippen LogP contribution in [0.3, 0.4) is 0 Å². The summed E-state index contributed by atoms with van der Waals surface area (Å²) in [4.78, 5) is 25.4. The number of ether oxygens (including phenoxy) is 2. The molecule has 2 aromatic carbocycles. The average Bonchev–Trinajstić information content (AvgIpc) is 2.69. The van der Waals surface area contributed by atoms with E-state index in [1.807, 2.05) is 36.4 Å². The van der Waals surface area contributed by atoms with Crippen molar-refractivity contribution in [3.8, 4) is 11.5 Å². The second-order valence-corrected chi connectivity index (χ2v) is 6.72. The third kappa shape index (κ3) is 1.74. The van der Waals surface area contributed by atoms with Crippen LogP contribution in [0.1, 0.15) is 34.1 Å². The number of benzene rings is 2. The molecule has 0 heterocycles. The molecule has 4 aliphatic rings. The number of carbonyl (C=O) groups is 2. The third-order valence-electron chi connectivity index (χ3n) is 5.61. The van der Waals surface area contributed by atoms with Gasteiger partial charge in [-0.25, -0.2) is 0 Å². The SMILES string of the molecule is COc1cc2c(cc1OC)C1C3=C(C(=O)C=CC3=O)C2c2ccccc21. The van der Waals surface area contributed by atoms with E-state index < -0.39 is 0 Å². The number of methoxy groups -OCH3 is 2. The van der Waals surface area contributed by atoms with Gasteiger partial charge in [-0.1, -0.05) is 24.3 Å². The van der Waals surface area contributed by atoms with Crippen molar-refractivity contribution >= 4 is 11.6 Å². The highest BCUT2D eigenvalue weighted by atomic mass is 16.5. The minimum Gasteiger partial charge on any atom is -0.493 e. The highest BCUT2D eigenvalue weighted by molar-refractivity contribution is 6.23. The predicted molar refractivity (Wildman–Crippen MR) is 95.9 cm³/mol. The van der Waals surface area contributed by atoms with E-state index in [-0.39, 0.29) is 23.4 Å². The Kier molecular flexibility index (Phi) is 3.02. The molecule has 6 rings (SSSR count). The normalized spacial score (nSPS) is 22.1. The van der Waals surface area contributed by atoms with Crippen LogP contribution >= 0.6 is 0 Å². The van der Waals surface area contributed by atoms with Gasteiger partial charge in [0.2, 0.25) is 0 Å². The predicted octanol–water partition coefficient (Wildman–Crippen LogP) is 3.30. The maximum atomic E-state index is 12.7. The Balaban J connectivity index is 1.87. The van der Waals surface area contributed by atoms with Crippen LogP contribution < -0.4 is 9.47 Å². The number of allylic oxidation sites excluding steroid dienone is 4. The zero-order valence-electron chi connectivity index (χ0n) is 14.4. The topological polar surface area (TPSA) is 52.6 Å². The lowest BCUT2D eigenvalue weighted by atomic mass is 9.58. The van der Waals surface area contributed by atoms with Crippen molar-refractivity contribution < 1.29 is 19.1 Å². The van der Waals surface area contributed by atoms with Gasteiger partial charge in [0.05, 0.1) is 14.2 Å². The minimum absolute atomic E-state index is 0.0791. The lowest BCUT2D eigenvalue weighted by molar-refractivity contribution is -0.115. The first-order valence-corrected chi connectivity index (χ1v) is 8.51. The van der Waals surface area contributed by atoms with Crippen LogP contribution in [0.5, 0.6) is 11.5 Å². The number of ketones is 2. The molecule has 0 spiro atoms. The maximum Gasteiger partial charge on any atom is 0.183 e. The molecule has 0 aliphatic heterocycles. The molecule has 0 saturated heterocycles. The molecule has 2 unspecified atom stereocenters. The molecule has 0 aromatic heterocycles. The van der Waals surface area contributed by atoms with Crippen molar-refractivity contribution in [3.63, 3.8) is 0 Å². The Labute approximate surface area is 150 Å². The van der Waals surface area contributed by atoms with Crippen molar-refractivity contribution in [2.45, 2.75) is 11.8 Å². The summed E-state index contributed by atoms with van der Waals surface area (Å²) in [5.74, 6) is 0.603. The Morgan fingerprint density at radius 1 is 0.692 bits per heavy atom. The van der Waals surface area contributed by atoms with Crippen LogP contribution in [0.2, 0.25) is 0 Å². The maximum absolute atomic E-state index is 12.7. The second kappa shape index (κ2) is 5.18. The summed E-state index contributed by atoms with van der Waals surface area (Å²) in [6, 6.07) is 11.9. The summed E-state index contributed by atoms with van der Waals surface area (Å²) in [7, 11) is 3.20. The molecule has 128 valence electrons. The largest absolute Gasteiger partial charge is 0.493 e. The summed E-state index contributed by atoms with van der Waals surface area (Å²) in [5.41, 5.74) is 5.43. The van der Waals surface area contributed by atoms with Gasteiger partial charge in [0.25, 0.3) is 0 Å². The fraction of sp³-hybridized carbons (Fsp3) is 0.182. The van der Waals surface area contributed by atoms with Crippen LogP contribution in [0.15, 0.2) is 59.7 Å². The van der Waals surface area contributed by atoms with Crippen molar-refractivity contribution in [2.24, 2.45) is 0 Å². The lowest BCUT2D eigenvalue weighted by Crippen LogP contribution is -2.35. The summed E-state index contributed by atoms with van der Waals surface area (Å²) in [5, 5.41) is 0. The Morgan fingerprint density at radius 3 is 1.50 bits per heavy atom. The fourth-order valence-electron chi connectivity index (χ4n) is 4.60. The zero-order chi connectivity index (χ0) is 18.0. The van der Waals surface area contributed by atoms with Gasteiger partial charge in [0.1, 0.15) is 0 Å². The number of hydrogen-bond acceptors (Lipinski definition) is 4. The number of rotatable bonds is 2. The van der Waals surface area contributed by atoms with E-state index in [1.165, 1.54) is 12.2 Å². The van der Waals surface area contributed by atoms with Crippen LogP contribution in [0.4, 0.5) is 0 Å². The van der Waals surface area contributed by atoms with E-state index in [0.29, 0.717) is 22.6 Å². The summed E-state index contributed by atoms with van der Waals surface area (Å²) in [6.45, 7) is 0. The standard InChI is InChI=1S/C22H16O4/c1-25-17-9-13-14(10-18(17)26-2)20-12-6-4-3-5-11(12)19(13)21-15(23)7-8-16(24)22(20)21/h3-10,19-20H,1-2H3. The molecular weight excluding hydrogens is 328 g/mol. The average molecular weight is 344 g/mol. The minimum atomic E-state index is -0.248. The van der Waals surface area contributed by atoms with Crippen LogP contribution in [0.25, 0.3) is 0 Å². The Hall–Kier alpha value is -3.14. The first-order chi connectivity index (χ1) is 12.7. The van der Waals surface area contributed by atoms with E-state index in [2.05, 4.69) is 0 Å². The first kappa shape index (κ1) is 15.1. The monoisotopic (exact) mass is 344 g/mol. The second-order valence-electron chi connectivity index (χ2n) is 6.72. The molecule has 4 heteroatoms. The molecule has 26 heavy (non-hydrogen) atoms. The van der Waals surface area contributed by atoms with E-state index in [0.717, 1.165) is 22.3 Å². The molecule has 0 amide bonds. The molecule has 0 N–H and O–H groups in total. The van der Waals surface area contributed by atoms with E-state index in [4.69, 9.17) is 9.47 Å². The molecule has 4 aliphatic carbocycles. The quantitative estimate of drug-likeness (QED) is 0.785. The van der Waals surface area contributed by atoms with Gasteiger partial charge in [-0.15, -0.1) is 0 Å². The van der Waals surface area contributed by atoms with Crippen molar-refractivity contribution in [1.82, 2.24) is 0 Å².